The first-order chi connectivity index (χ1) is 9.39. The summed E-state index contributed by atoms with van der Waals surface area (Å²) in [5.74, 6) is 0.280. The van der Waals surface area contributed by atoms with Crippen LogP contribution in [0.25, 0.3) is 0 Å². The number of rotatable bonds is 8. The molecule has 2 N–H and O–H groups in total. The van der Waals surface area contributed by atoms with Crippen LogP contribution in [0.15, 0.2) is 18.2 Å². The molecule has 1 aromatic rings. The molecule has 0 heterocycles. The van der Waals surface area contributed by atoms with Crippen molar-refractivity contribution in [1.29, 1.82) is 0 Å². The highest BCUT2D eigenvalue weighted by Crippen LogP contribution is 2.28. The fourth-order valence-corrected chi connectivity index (χ4v) is 2.51. The number of methoxy groups -OCH3 is 1. The van der Waals surface area contributed by atoms with Crippen LogP contribution in [0, 0.1) is 10.1 Å². The van der Waals surface area contributed by atoms with E-state index in [-0.39, 0.29) is 23.7 Å². The number of anilines is 1. The van der Waals surface area contributed by atoms with Gasteiger partial charge in [-0.3, -0.25) is 10.1 Å². The van der Waals surface area contributed by atoms with Crippen molar-refractivity contribution in [2.45, 2.75) is 6.92 Å². The van der Waals surface area contributed by atoms with Gasteiger partial charge in [0.25, 0.3) is 5.69 Å². The smallest absolute Gasteiger partial charge is 0.292 e. The number of nitro benzene ring substituents is 1. The summed E-state index contributed by atoms with van der Waals surface area (Å²) in [6.07, 6.45) is 0. The van der Waals surface area contributed by atoms with Crippen molar-refractivity contribution in [3.63, 3.8) is 0 Å². The van der Waals surface area contributed by atoms with Gasteiger partial charge in [-0.05, 0) is 6.07 Å². The lowest BCUT2D eigenvalue weighted by atomic mass is 10.2. The lowest BCUT2D eigenvalue weighted by Crippen LogP contribution is -2.29. The topological polar surface area (TPSA) is 111 Å². The van der Waals surface area contributed by atoms with Crippen LogP contribution in [0.4, 0.5) is 11.4 Å². The van der Waals surface area contributed by atoms with Gasteiger partial charge in [-0.25, -0.2) is 13.1 Å². The van der Waals surface area contributed by atoms with Crippen molar-refractivity contribution in [3.8, 4) is 5.75 Å². The summed E-state index contributed by atoms with van der Waals surface area (Å²) < 4.78 is 30.2. The molecule has 0 saturated heterocycles. The Morgan fingerprint density at radius 1 is 1.40 bits per heavy atom. The molecule has 1 aromatic carbocycles. The molecule has 20 heavy (non-hydrogen) atoms. The van der Waals surface area contributed by atoms with E-state index in [2.05, 4.69) is 10.0 Å². The van der Waals surface area contributed by atoms with E-state index in [1.165, 1.54) is 25.3 Å². The molecule has 0 amide bonds. The fourth-order valence-electron chi connectivity index (χ4n) is 1.56. The second-order valence-electron chi connectivity index (χ2n) is 3.88. The van der Waals surface area contributed by atoms with E-state index in [0.29, 0.717) is 12.3 Å². The van der Waals surface area contributed by atoms with E-state index in [0.717, 1.165) is 0 Å². The first-order valence-corrected chi connectivity index (χ1v) is 7.58. The van der Waals surface area contributed by atoms with Crippen LogP contribution in [-0.4, -0.2) is 39.3 Å². The Labute approximate surface area is 117 Å². The van der Waals surface area contributed by atoms with E-state index in [1.54, 1.807) is 6.92 Å². The summed E-state index contributed by atoms with van der Waals surface area (Å²) in [6, 6.07) is 4.23. The summed E-state index contributed by atoms with van der Waals surface area (Å²) in [5.41, 5.74) is 0.0905. The molecule has 0 aliphatic carbocycles. The van der Waals surface area contributed by atoms with Gasteiger partial charge in [0.15, 0.2) is 0 Å². The second kappa shape index (κ2) is 7.06. The Bertz CT molecular complexity index is 573. The minimum absolute atomic E-state index is 0.0589. The lowest BCUT2D eigenvalue weighted by molar-refractivity contribution is -0.384. The van der Waals surface area contributed by atoms with Gasteiger partial charge in [0, 0.05) is 25.2 Å². The van der Waals surface area contributed by atoms with Crippen molar-refractivity contribution >= 4 is 21.4 Å². The molecule has 8 nitrogen and oxygen atoms in total. The van der Waals surface area contributed by atoms with Gasteiger partial charge in [-0.15, -0.1) is 0 Å². The van der Waals surface area contributed by atoms with Crippen LogP contribution in [0.2, 0.25) is 0 Å². The minimum atomic E-state index is -3.36. The van der Waals surface area contributed by atoms with Gasteiger partial charge < -0.3 is 10.1 Å². The average Bonchev–Trinajstić information content (AvgIpc) is 2.37. The summed E-state index contributed by atoms with van der Waals surface area (Å²) >= 11 is 0. The third-order valence-corrected chi connectivity index (χ3v) is 3.92. The number of nitrogens with one attached hydrogen (secondary N) is 2. The Kier molecular flexibility index (Phi) is 5.71. The largest absolute Gasteiger partial charge is 0.497 e. The highest BCUT2D eigenvalue weighted by atomic mass is 32.2. The van der Waals surface area contributed by atoms with Crippen molar-refractivity contribution in [2.75, 3.05) is 31.3 Å². The predicted octanol–water partition coefficient (Wildman–Crippen LogP) is 0.955. The third kappa shape index (κ3) is 4.67. The zero-order valence-electron chi connectivity index (χ0n) is 11.3. The van der Waals surface area contributed by atoms with Gasteiger partial charge in [-0.2, -0.15) is 0 Å². The van der Waals surface area contributed by atoms with E-state index in [9.17, 15) is 18.5 Å². The minimum Gasteiger partial charge on any atom is -0.497 e. The summed E-state index contributed by atoms with van der Waals surface area (Å²) in [6.45, 7) is 2.04. The van der Waals surface area contributed by atoms with Crippen LogP contribution in [0.3, 0.4) is 0 Å². The Balaban J connectivity index is 2.78. The fraction of sp³-hybridized carbons (Fsp3) is 0.455. The average molecular weight is 303 g/mol. The molecule has 0 atom stereocenters. The number of nitrogens with zero attached hydrogens (tertiary/aromatic N) is 1. The molecule has 0 aromatic heterocycles. The first-order valence-electron chi connectivity index (χ1n) is 5.93. The number of ether oxygens (including phenoxy) is 1. The summed E-state index contributed by atoms with van der Waals surface area (Å²) in [7, 11) is -1.92. The molecule has 112 valence electrons. The maximum atomic E-state index is 11.5. The van der Waals surface area contributed by atoms with Gasteiger partial charge in [0.2, 0.25) is 10.0 Å². The maximum absolute atomic E-state index is 11.5. The molecule has 0 bridgehead atoms. The lowest BCUT2D eigenvalue weighted by Gasteiger charge is -2.09. The van der Waals surface area contributed by atoms with Gasteiger partial charge >= 0.3 is 0 Å². The Morgan fingerprint density at radius 2 is 2.10 bits per heavy atom. The number of nitro groups is 1. The second-order valence-corrected chi connectivity index (χ2v) is 5.81. The molecular formula is C11H17N3O5S. The molecule has 0 unspecified atom stereocenters. The maximum Gasteiger partial charge on any atom is 0.292 e. The van der Waals surface area contributed by atoms with Crippen molar-refractivity contribution in [2.24, 2.45) is 0 Å². The molecule has 0 saturated carbocycles. The zero-order valence-corrected chi connectivity index (χ0v) is 12.1. The monoisotopic (exact) mass is 303 g/mol. The number of hydrogen-bond donors (Lipinski definition) is 2. The molecular weight excluding hydrogens is 286 g/mol. The molecule has 0 aliphatic rings. The quantitative estimate of drug-likeness (QED) is 0.546. The van der Waals surface area contributed by atoms with E-state index < -0.39 is 14.9 Å². The summed E-state index contributed by atoms with van der Waals surface area (Å²) in [4.78, 5) is 10.3. The van der Waals surface area contributed by atoms with Crippen LogP contribution in [0.1, 0.15) is 6.92 Å². The number of hydrogen-bond acceptors (Lipinski definition) is 6. The zero-order chi connectivity index (χ0) is 15.2. The van der Waals surface area contributed by atoms with E-state index >= 15 is 0 Å². The molecule has 0 aliphatic heterocycles. The Hall–Kier alpha value is -1.87. The standard InChI is InChI=1S/C11H17N3O5S/c1-3-13-20(17,18)7-6-12-10-8-9(19-2)4-5-11(10)14(15)16/h4-5,8,12-13H,3,6-7H2,1-2H3. The number of sulfonamides is 1. The van der Waals surface area contributed by atoms with Crippen LogP contribution in [-0.2, 0) is 10.0 Å². The van der Waals surface area contributed by atoms with Crippen molar-refractivity contribution in [1.82, 2.24) is 4.72 Å². The third-order valence-electron chi connectivity index (χ3n) is 2.45. The van der Waals surface area contributed by atoms with Crippen LogP contribution in [0.5, 0.6) is 5.75 Å². The Morgan fingerprint density at radius 3 is 2.65 bits per heavy atom. The van der Waals surface area contributed by atoms with Gasteiger partial charge in [0.05, 0.1) is 17.8 Å². The normalized spacial score (nSPS) is 11.1. The molecule has 0 spiro atoms. The van der Waals surface area contributed by atoms with Crippen LogP contribution >= 0.6 is 0 Å². The first kappa shape index (κ1) is 16.2. The molecule has 0 radical (unpaired) electrons. The SMILES string of the molecule is CCNS(=O)(=O)CCNc1cc(OC)ccc1[N+](=O)[O-]. The predicted molar refractivity (Wildman–Crippen MR) is 75.6 cm³/mol. The molecule has 1 rings (SSSR count). The molecule has 0 fully saturated rings. The van der Waals surface area contributed by atoms with Crippen LogP contribution < -0.4 is 14.8 Å². The highest BCUT2D eigenvalue weighted by Gasteiger charge is 2.15. The van der Waals surface area contributed by atoms with Crippen molar-refractivity contribution in [3.05, 3.63) is 28.3 Å². The highest BCUT2D eigenvalue weighted by molar-refractivity contribution is 7.89. The van der Waals surface area contributed by atoms with Gasteiger partial charge in [-0.1, -0.05) is 6.92 Å². The van der Waals surface area contributed by atoms with Crippen molar-refractivity contribution < 1.29 is 18.1 Å². The number of benzene rings is 1. The van der Waals surface area contributed by atoms with Gasteiger partial charge in [0.1, 0.15) is 11.4 Å². The summed E-state index contributed by atoms with van der Waals surface area (Å²) in [5, 5.41) is 13.6. The van der Waals surface area contributed by atoms with E-state index in [1.807, 2.05) is 0 Å². The van der Waals surface area contributed by atoms with E-state index in [4.69, 9.17) is 4.74 Å². The molecule has 9 heteroatoms.